The normalized spacial score (nSPS) is 22.9. The van der Waals surface area contributed by atoms with Crippen molar-refractivity contribution >= 4 is 0 Å². The van der Waals surface area contributed by atoms with Crippen molar-refractivity contribution in [1.29, 1.82) is 0 Å². The molecule has 0 aromatic rings. The average Bonchev–Trinajstić information content (AvgIpc) is 2.97. The van der Waals surface area contributed by atoms with Gasteiger partial charge in [-0.15, -0.1) is 0 Å². The maximum atomic E-state index is 6.30. The van der Waals surface area contributed by atoms with E-state index in [4.69, 9.17) is 5.73 Å². The Morgan fingerprint density at radius 3 is 2.00 bits per heavy atom. The minimum absolute atomic E-state index is 0.0936. The highest BCUT2D eigenvalue weighted by Crippen LogP contribution is 2.38. The van der Waals surface area contributed by atoms with Gasteiger partial charge in [0, 0.05) is 24.7 Å². The van der Waals surface area contributed by atoms with Crippen LogP contribution >= 0.6 is 0 Å². The molecule has 2 nitrogen and oxygen atoms in total. The summed E-state index contributed by atoms with van der Waals surface area (Å²) in [5, 5.41) is 0. The SMILES string of the molecule is CC(C)(N)C(C)(C)CN(CC1CC1)C1CC1. The van der Waals surface area contributed by atoms with Crippen LogP contribution in [0.1, 0.15) is 53.4 Å². The molecule has 2 aliphatic carbocycles. The Labute approximate surface area is 101 Å². The zero-order valence-electron chi connectivity index (χ0n) is 11.4. The molecule has 0 atom stereocenters. The molecule has 2 rings (SSSR count). The first-order valence-electron chi connectivity index (χ1n) is 6.82. The van der Waals surface area contributed by atoms with Crippen LogP contribution in [0.4, 0.5) is 0 Å². The Balaban J connectivity index is 1.93. The Bertz CT molecular complexity index is 244. The van der Waals surface area contributed by atoms with E-state index in [0.717, 1.165) is 18.5 Å². The van der Waals surface area contributed by atoms with Gasteiger partial charge in [0.15, 0.2) is 0 Å². The maximum Gasteiger partial charge on any atom is 0.0161 e. The van der Waals surface area contributed by atoms with Crippen molar-refractivity contribution in [3.05, 3.63) is 0 Å². The molecule has 16 heavy (non-hydrogen) atoms. The van der Waals surface area contributed by atoms with E-state index >= 15 is 0 Å². The van der Waals surface area contributed by atoms with Crippen LogP contribution in [0.5, 0.6) is 0 Å². The van der Waals surface area contributed by atoms with Gasteiger partial charge in [-0.25, -0.2) is 0 Å². The van der Waals surface area contributed by atoms with E-state index in [1.165, 1.54) is 32.2 Å². The van der Waals surface area contributed by atoms with E-state index in [-0.39, 0.29) is 11.0 Å². The van der Waals surface area contributed by atoms with Gasteiger partial charge in [0.05, 0.1) is 0 Å². The monoisotopic (exact) mass is 224 g/mol. The van der Waals surface area contributed by atoms with E-state index in [9.17, 15) is 0 Å². The van der Waals surface area contributed by atoms with Gasteiger partial charge in [-0.3, -0.25) is 4.90 Å². The molecular weight excluding hydrogens is 196 g/mol. The second-order valence-corrected chi connectivity index (χ2v) is 7.21. The van der Waals surface area contributed by atoms with Gasteiger partial charge in [0.1, 0.15) is 0 Å². The second kappa shape index (κ2) is 3.99. The summed E-state index contributed by atoms with van der Waals surface area (Å²) < 4.78 is 0. The lowest BCUT2D eigenvalue weighted by molar-refractivity contribution is 0.104. The van der Waals surface area contributed by atoms with Crippen LogP contribution in [-0.2, 0) is 0 Å². The van der Waals surface area contributed by atoms with Gasteiger partial charge in [0.25, 0.3) is 0 Å². The van der Waals surface area contributed by atoms with Crippen molar-refractivity contribution in [2.45, 2.75) is 65.0 Å². The van der Waals surface area contributed by atoms with E-state index < -0.39 is 0 Å². The van der Waals surface area contributed by atoms with Gasteiger partial charge in [-0.05, 0) is 50.9 Å². The lowest BCUT2D eigenvalue weighted by Crippen LogP contribution is -2.53. The van der Waals surface area contributed by atoms with Crippen molar-refractivity contribution < 1.29 is 0 Å². The first kappa shape index (κ1) is 12.4. The molecule has 0 aromatic heterocycles. The summed E-state index contributed by atoms with van der Waals surface area (Å²) in [6, 6.07) is 0.877. The van der Waals surface area contributed by atoms with Crippen LogP contribution in [0.15, 0.2) is 0 Å². The number of nitrogens with two attached hydrogens (primary N) is 1. The van der Waals surface area contributed by atoms with Gasteiger partial charge in [-0.1, -0.05) is 13.8 Å². The molecule has 2 saturated carbocycles. The highest BCUT2D eigenvalue weighted by molar-refractivity contribution is 4.96. The number of rotatable bonds is 6. The number of hydrogen-bond acceptors (Lipinski definition) is 2. The highest BCUT2D eigenvalue weighted by atomic mass is 15.2. The highest BCUT2D eigenvalue weighted by Gasteiger charge is 2.40. The van der Waals surface area contributed by atoms with E-state index in [2.05, 4.69) is 32.6 Å². The van der Waals surface area contributed by atoms with Gasteiger partial charge in [0.2, 0.25) is 0 Å². The predicted molar refractivity (Wildman–Crippen MR) is 69.4 cm³/mol. The quantitative estimate of drug-likeness (QED) is 0.751. The first-order chi connectivity index (χ1) is 7.29. The topological polar surface area (TPSA) is 29.3 Å². The van der Waals surface area contributed by atoms with Crippen molar-refractivity contribution in [2.24, 2.45) is 17.1 Å². The minimum Gasteiger partial charge on any atom is -0.325 e. The minimum atomic E-state index is -0.0936. The molecule has 0 spiro atoms. The fraction of sp³-hybridized carbons (Fsp3) is 1.00. The second-order valence-electron chi connectivity index (χ2n) is 7.21. The number of hydrogen-bond donors (Lipinski definition) is 1. The molecule has 0 amide bonds. The van der Waals surface area contributed by atoms with E-state index in [1.807, 2.05) is 0 Å². The van der Waals surface area contributed by atoms with Crippen molar-refractivity contribution in [3.63, 3.8) is 0 Å². The standard InChI is InChI=1S/C14H28N2/c1-13(2,14(3,4)15)10-16(12-7-8-12)9-11-5-6-11/h11-12H,5-10,15H2,1-4H3. The van der Waals surface area contributed by atoms with E-state index in [0.29, 0.717) is 0 Å². The lowest BCUT2D eigenvalue weighted by Gasteiger charge is -2.42. The fourth-order valence-electron chi connectivity index (χ4n) is 2.13. The van der Waals surface area contributed by atoms with Gasteiger partial charge < -0.3 is 5.73 Å². The van der Waals surface area contributed by atoms with Crippen molar-refractivity contribution in [3.8, 4) is 0 Å². The third-order valence-electron chi connectivity index (χ3n) is 4.60. The summed E-state index contributed by atoms with van der Waals surface area (Å²) in [5.74, 6) is 0.997. The molecule has 0 unspecified atom stereocenters. The lowest BCUT2D eigenvalue weighted by atomic mass is 9.75. The van der Waals surface area contributed by atoms with Crippen molar-refractivity contribution in [1.82, 2.24) is 4.90 Å². The summed E-state index contributed by atoms with van der Waals surface area (Å²) in [7, 11) is 0. The fourth-order valence-corrected chi connectivity index (χ4v) is 2.13. The molecule has 2 N–H and O–H groups in total. The van der Waals surface area contributed by atoms with Gasteiger partial charge >= 0.3 is 0 Å². The van der Waals surface area contributed by atoms with Crippen LogP contribution in [0.2, 0.25) is 0 Å². The zero-order chi connectivity index (χ0) is 12.0. The maximum absolute atomic E-state index is 6.30. The van der Waals surface area contributed by atoms with Crippen LogP contribution in [-0.4, -0.2) is 29.6 Å². The summed E-state index contributed by atoms with van der Waals surface area (Å²) in [5.41, 5.74) is 6.41. The number of nitrogens with zero attached hydrogens (tertiary/aromatic N) is 1. The van der Waals surface area contributed by atoms with Gasteiger partial charge in [-0.2, -0.15) is 0 Å². The average molecular weight is 224 g/mol. The van der Waals surface area contributed by atoms with Crippen LogP contribution < -0.4 is 5.73 Å². The zero-order valence-corrected chi connectivity index (χ0v) is 11.4. The smallest absolute Gasteiger partial charge is 0.0161 e. The Morgan fingerprint density at radius 2 is 1.62 bits per heavy atom. The molecule has 0 bridgehead atoms. The molecule has 2 aliphatic rings. The molecule has 2 heteroatoms. The Kier molecular flexibility index (Phi) is 3.09. The molecule has 94 valence electrons. The van der Waals surface area contributed by atoms with E-state index in [1.54, 1.807) is 0 Å². The predicted octanol–water partition coefficient (Wildman–Crippen LogP) is 2.62. The summed E-state index contributed by atoms with van der Waals surface area (Å²) in [6.07, 6.45) is 5.73. The Morgan fingerprint density at radius 1 is 1.06 bits per heavy atom. The molecule has 0 aromatic carbocycles. The molecule has 0 saturated heterocycles. The third kappa shape index (κ3) is 2.98. The first-order valence-corrected chi connectivity index (χ1v) is 6.82. The molecular formula is C14H28N2. The van der Waals surface area contributed by atoms with Crippen LogP contribution in [0, 0.1) is 11.3 Å². The Hall–Kier alpha value is -0.0800. The summed E-state index contributed by atoms with van der Waals surface area (Å²) in [6.45, 7) is 11.4. The molecule has 0 aliphatic heterocycles. The van der Waals surface area contributed by atoms with Crippen molar-refractivity contribution in [2.75, 3.05) is 13.1 Å². The summed E-state index contributed by atoms with van der Waals surface area (Å²) in [4.78, 5) is 2.71. The van der Waals surface area contributed by atoms with Crippen LogP contribution in [0.3, 0.4) is 0 Å². The summed E-state index contributed by atoms with van der Waals surface area (Å²) >= 11 is 0. The molecule has 0 radical (unpaired) electrons. The van der Waals surface area contributed by atoms with Crippen LogP contribution in [0.25, 0.3) is 0 Å². The third-order valence-corrected chi connectivity index (χ3v) is 4.60. The molecule has 0 heterocycles. The largest absolute Gasteiger partial charge is 0.325 e. The molecule has 2 fully saturated rings.